The maximum atomic E-state index is 11.5. The molecule has 1 aromatic carbocycles. The third-order valence-corrected chi connectivity index (χ3v) is 4.62. The number of rotatable bonds is 3. The SMILES string of the molecule is Cc1nc2sccn2c1C=Cc1cc(C(=O)O)c2ccccc2n1. The Morgan fingerprint density at radius 1 is 1.25 bits per heavy atom. The molecule has 0 aliphatic heterocycles. The van der Waals surface area contributed by atoms with Crippen molar-refractivity contribution >= 4 is 45.3 Å². The van der Waals surface area contributed by atoms with Crippen LogP contribution in [0.3, 0.4) is 0 Å². The molecule has 0 saturated heterocycles. The Bertz CT molecular complexity index is 1110. The molecule has 1 N–H and O–H groups in total. The van der Waals surface area contributed by atoms with E-state index in [9.17, 15) is 9.90 Å². The molecule has 0 aliphatic rings. The van der Waals surface area contributed by atoms with E-state index in [4.69, 9.17) is 0 Å². The molecule has 0 spiro atoms. The molecule has 5 nitrogen and oxygen atoms in total. The van der Waals surface area contributed by atoms with Gasteiger partial charge in [0.1, 0.15) is 0 Å². The summed E-state index contributed by atoms with van der Waals surface area (Å²) in [6.45, 7) is 1.95. The lowest BCUT2D eigenvalue weighted by Crippen LogP contribution is -2.00. The Hall–Kier alpha value is -2.99. The first-order valence-corrected chi connectivity index (χ1v) is 8.25. The van der Waals surface area contributed by atoms with Crippen molar-refractivity contribution < 1.29 is 9.90 Å². The number of carbonyl (C=O) groups is 1. The number of imidazole rings is 1. The largest absolute Gasteiger partial charge is 0.478 e. The number of thiazole rings is 1. The van der Waals surface area contributed by atoms with Crippen LogP contribution in [-0.4, -0.2) is 25.4 Å². The molecule has 4 rings (SSSR count). The highest BCUT2D eigenvalue weighted by Crippen LogP contribution is 2.21. The maximum Gasteiger partial charge on any atom is 0.336 e. The number of hydrogen-bond donors (Lipinski definition) is 1. The lowest BCUT2D eigenvalue weighted by atomic mass is 10.1. The lowest BCUT2D eigenvalue weighted by Gasteiger charge is -2.04. The van der Waals surface area contributed by atoms with E-state index in [0.717, 1.165) is 16.3 Å². The summed E-state index contributed by atoms with van der Waals surface area (Å²) in [6.07, 6.45) is 5.72. The molecule has 24 heavy (non-hydrogen) atoms. The highest BCUT2D eigenvalue weighted by Gasteiger charge is 2.11. The van der Waals surface area contributed by atoms with Gasteiger partial charge >= 0.3 is 5.97 Å². The van der Waals surface area contributed by atoms with Crippen LogP contribution < -0.4 is 0 Å². The first kappa shape index (κ1) is 14.6. The number of carboxylic acids is 1. The summed E-state index contributed by atoms with van der Waals surface area (Å²) < 4.78 is 2.01. The van der Waals surface area contributed by atoms with Crippen LogP contribution in [0.15, 0.2) is 41.9 Å². The van der Waals surface area contributed by atoms with Crippen molar-refractivity contribution in [1.29, 1.82) is 0 Å². The molecule has 0 amide bonds. The van der Waals surface area contributed by atoms with E-state index in [1.54, 1.807) is 23.5 Å². The van der Waals surface area contributed by atoms with Crippen molar-refractivity contribution in [1.82, 2.24) is 14.4 Å². The van der Waals surface area contributed by atoms with Crippen LogP contribution in [0.4, 0.5) is 0 Å². The lowest BCUT2D eigenvalue weighted by molar-refractivity contribution is 0.0699. The van der Waals surface area contributed by atoms with Crippen molar-refractivity contribution in [2.45, 2.75) is 6.92 Å². The van der Waals surface area contributed by atoms with Crippen molar-refractivity contribution in [3.63, 3.8) is 0 Å². The van der Waals surface area contributed by atoms with E-state index in [1.165, 1.54) is 0 Å². The number of aryl methyl sites for hydroxylation is 1. The Morgan fingerprint density at radius 2 is 2.08 bits per heavy atom. The summed E-state index contributed by atoms with van der Waals surface area (Å²) in [7, 11) is 0. The highest BCUT2D eigenvalue weighted by atomic mass is 32.1. The molecule has 0 aliphatic carbocycles. The quantitative estimate of drug-likeness (QED) is 0.611. The second-order valence-corrected chi connectivity index (χ2v) is 6.26. The number of aromatic carboxylic acids is 1. The number of aromatic nitrogens is 3. The fraction of sp³-hybridized carbons (Fsp3) is 0.0556. The summed E-state index contributed by atoms with van der Waals surface area (Å²) in [4.78, 5) is 21.5. The summed E-state index contributed by atoms with van der Waals surface area (Å²) >= 11 is 1.58. The molecule has 0 unspecified atom stereocenters. The minimum Gasteiger partial charge on any atom is -0.478 e. The van der Waals surface area contributed by atoms with Crippen LogP contribution in [0.25, 0.3) is 28.0 Å². The second kappa shape index (κ2) is 5.58. The fourth-order valence-electron chi connectivity index (χ4n) is 2.73. The van der Waals surface area contributed by atoms with Crippen molar-refractivity contribution in [3.05, 3.63) is 64.6 Å². The van der Waals surface area contributed by atoms with Crippen LogP contribution in [-0.2, 0) is 0 Å². The first-order valence-electron chi connectivity index (χ1n) is 7.37. The van der Waals surface area contributed by atoms with Crippen LogP contribution in [0.5, 0.6) is 0 Å². The van der Waals surface area contributed by atoms with Crippen molar-refractivity contribution in [2.24, 2.45) is 0 Å². The fourth-order valence-corrected chi connectivity index (χ4v) is 3.50. The molecule has 0 radical (unpaired) electrons. The summed E-state index contributed by atoms with van der Waals surface area (Å²) in [5, 5.41) is 12.1. The van der Waals surface area contributed by atoms with E-state index >= 15 is 0 Å². The van der Waals surface area contributed by atoms with E-state index in [0.29, 0.717) is 16.6 Å². The van der Waals surface area contributed by atoms with Gasteiger partial charge in [0.2, 0.25) is 0 Å². The zero-order valence-electron chi connectivity index (χ0n) is 12.8. The predicted octanol–water partition coefficient (Wildman–Crippen LogP) is 4.12. The zero-order chi connectivity index (χ0) is 16.7. The third kappa shape index (κ3) is 2.37. The number of fused-ring (bicyclic) bond motifs is 2. The van der Waals surface area contributed by atoms with Gasteiger partial charge < -0.3 is 5.11 Å². The summed E-state index contributed by atoms with van der Waals surface area (Å²) in [5.41, 5.74) is 3.43. The smallest absolute Gasteiger partial charge is 0.336 e. The Morgan fingerprint density at radius 3 is 2.92 bits per heavy atom. The number of hydrogen-bond acceptors (Lipinski definition) is 4. The molecule has 0 bridgehead atoms. The molecule has 0 fully saturated rings. The van der Waals surface area contributed by atoms with E-state index in [-0.39, 0.29) is 5.56 Å². The van der Waals surface area contributed by atoms with Gasteiger partial charge in [0.15, 0.2) is 4.96 Å². The van der Waals surface area contributed by atoms with E-state index < -0.39 is 5.97 Å². The number of pyridine rings is 1. The van der Waals surface area contributed by atoms with Gasteiger partial charge in [-0.3, -0.25) is 4.40 Å². The normalized spacial score (nSPS) is 11.7. The average Bonchev–Trinajstić information content (AvgIpc) is 3.12. The molecule has 118 valence electrons. The van der Waals surface area contributed by atoms with Gasteiger partial charge in [-0.05, 0) is 31.2 Å². The second-order valence-electron chi connectivity index (χ2n) is 5.39. The highest BCUT2D eigenvalue weighted by molar-refractivity contribution is 7.15. The van der Waals surface area contributed by atoms with Gasteiger partial charge in [0.25, 0.3) is 0 Å². The van der Waals surface area contributed by atoms with Gasteiger partial charge in [-0.15, -0.1) is 11.3 Å². The summed E-state index contributed by atoms with van der Waals surface area (Å²) in [6, 6.07) is 8.86. The molecule has 3 heterocycles. The van der Waals surface area contributed by atoms with Crippen LogP contribution in [0, 0.1) is 6.92 Å². The van der Waals surface area contributed by atoms with Gasteiger partial charge in [0.05, 0.1) is 28.2 Å². The van der Waals surface area contributed by atoms with Crippen molar-refractivity contribution in [2.75, 3.05) is 0 Å². The molecular formula is C18H13N3O2S. The Labute approximate surface area is 141 Å². The molecule has 4 aromatic rings. The van der Waals surface area contributed by atoms with E-state index in [1.807, 2.05) is 53.3 Å². The van der Waals surface area contributed by atoms with Crippen LogP contribution in [0.1, 0.15) is 27.4 Å². The molecular weight excluding hydrogens is 322 g/mol. The van der Waals surface area contributed by atoms with Gasteiger partial charge in [-0.2, -0.15) is 0 Å². The summed E-state index contributed by atoms with van der Waals surface area (Å²) in [5.74, 6) is -0.955. The number of carboxylic acid groups (broad SMARTS) is 1. The Kier molecular flexibility index (Phi) is 3.39. The predicted molar refractivity (Wildman–Crippen MR) is 95.4 cm³/mol. The molecule has 0 atom stereocenters. The molecule has 3 aromatic heterocycles. The topological polar surface area (TPSA) is 67.5 Å². The maximum absolute atomic E-state index is 11.5. The minimum atomic E-state index is -0.955. The van der Waals surface area contributed by atoms with E-state index in [2.05, 4.69) is 9.97 Å². The molecule has 0 saturated carbocycles. The first-order chi connectivity index (χ1) is 11.6. The number of benzene rings is 1. The van der Waals surface area contributed by atoms with Gasteiger partial charge in [0, 0.05) is 17.0 Å². The van der Waals surface area contributed by atoms with Gasteiger partial charge in [-0.25, -0.2) is 14.8 Å². The Balaban J connectivity index is 1.83. The third-order valence-electron chi connectivity index (χ3n) is 3.86. The number of nitrogens with zero attached hydrogens (tertiary/aromatic N) is 3. The zero-order valence-corrected chi connectivity index (χ0v) is 13.6. The monoisotopic (exact) mass is 335 g/mol. The standard InChI is InChI=1S/C18H13N3O2S/c1-11-16(21-8-9-24-18(21)19-11)7-6-12-10-14(17(22)23)13-4-2-3-5-15(13)20-12/h2-10H,1H3,(H,22,23). The van der Waals surface area contributed by atoms with Gasteiger partial charge in [-0.1, -0.05) is 18.2 Å². The number of para-hydroxylation sites is 1. The average molecular weight is 335 g/mol. The molecule has 6 heteroatoms. The van der Waals surface area contributed by atoms with Crippen molar-refractivity contribution in [3.8, 4) is 0 Å². The van der Waals surface area contributed by atoms with Crippen LogP contribution >= 0.6 is 11.3 Å². The van der Waals surface area contributed by atoms with Crippen LogP contribution in [0.2, 0.25) is 0 Å². The minimum absolute atomic E-state index is 0.255.